The van der Waals surface area contributed by atoms with Crippen molar-refractivity contribution in [2.24, 2.45) is 11.8 Å². The molecule has 1 aromatic carbocycles. The quantitative estimate of drug-likeness (QED) is 0.845. The van der Waals surface area contributed by atoms with Gasteiger partial charge < -0.3 is 15.4 Å². The summed E-state index contributed by atoms with van der Waals surface area (Å²) in [4.78, 5) is 27.6. The van der Waals surface area contributed by atoms with E-state index in [2.05, 4.69) is 20.4 Å². The van der Waals surface area contributed by atoms with Crippen LogP contribution in [0, 0.1) is 11.8 Å². The van der Waals surface area contributed by atoms with Gasteiger partial charge in [-0.1, -0.05) is 18.3 Å². The van der Waals surface area contributed by atoms with Crippen molar-refractivity contribution in [3.8, 4) is 5.75 Å². The summed E-state index contributed by atoms with van der Waals surface area (Å²) in [7, 11) is 0. The molecule has 25 heavy (non-hydrogen) atoms. The number of nitrogens with one attached hydrogen (secondary N) is 2. The Morgan fingerprint density at radius 2 is 2.12 bits per heavy atom. The van der Waals surface area contributed by atoms with E-state index in [0.717, 1.165) is 23.8 Å². The van der Waals surface area contributed by atoms with Crippen LogP contribution in [-0.2, 0) is 9.59 Å². The van der Waals surface area contributed by atoms with Crippen molar-refractivity contribution >= 4 is 38.5 Å². The second-order valence-electron chi connectivity index (χ2n) is 5.78. The lowest BCUT2D eigenvalue weighted by Gasteiger charge is -2.07. The van der Waals surface area contributed by atoms with Gasteiger partial charge in [0.25, 0.3) is 0 Å². The summed E-state index contributed by atoms with van der Waals surface area (Å²) in [5.41, 5.74) is 0.436. The SMILES string of the molecule is C[C@H]1C[C@@H]1C(=O)NCC(=O)Nc1nc2ccc(OC(F)(F)F)cc2s1. The molecule has 2 aromatic rings. The fourth-order valence-corrected chi connectivity index (χ4v) is 3.22. The Morgan fingerprint density at radius 1 is 1.40 bits per heavy atom. The van der Waals surface area contributed by atoms with Crippen LogP contribution in [-0.4, -0.2) is 29.7 Å². The maximum absolute atomic E-state index is 12.2. The Morgan fingerprint density at radius 3 is 2.76 bits per heavy atom. The van der Waals surface area contributed by atoms with E-state index in [4.69, 9.17) is 0 Å². The number of rotatable bonds is 5. The van der Waals surface area contributed by atoms with Crippen molar-refractivity contribution < 1.29 is 27.5 Å². The van der Waals surface area contributed by atoms with Gasteiger partial charge in [-0.3, -0.25) is 9.59 Å². The number of alkyl halides is 3. The number of fused-ring (bicyclic) bond motifs is 1. The summed E-state index contributed by atoms with van der Waals surface area (Å²) in [5, 5.41) is 5.29. The fourth-order valence-electron chi connectivity index (χ4n) is 2.30. The molecule has 1 fully saturated rings. The highest BCUT2D eigenvalue weighted by atomic mass is 32.1. The number of aromatic nitrogens is 1. The van der Waals surface area contributed by atoms with Crippen LogP contribution in [0.5, 0.6) is 5.75 Å². The summed E-state index contributed by atoms with van der Waals surface area (Å²) in [6.45, 7) is 1.78. The molecule has 1 heterocycles. The number of thiazole rings is 1. The van der Waals surface area contributed by atoms with Gasteiger partial charge in [0.2, 0.25) is 11.8 Å². The van der Waals surface area contributed by atoms with Gasteiger partial charge in [0.05, 0.1) is 16.8 Å². The molecule has 2 amide bonds. The zero-order chi connectivity index (χ0) is 18.2. The van der Waals surface area contributed by atoms with Crippen LogP contribution in [0.25, 0.3) is 10.2 Å². The standard InChI is InChI=1S/C15H14F3N3O3S/c1-7-4-9(7)13(23)19-6-12(22)21-14-20-10-3-2-8(5-11(10)25-14)24-15(16,17)18/h2-3,5,7,9H,4,6H2,1H3,(H,19,23)(H,20,21,22)/t7-,9-/m0/s1. The van der Waals surface area contributed by atoms with E-state index in [1.54, 1.807) is 0 Å². The minimum atomic E-state index is -4.77. The topological polar surface area (TPSA) is 80.3 Å². The van der Waals surface area contributed by atoms with Gasteiger partial charge in [-0.15, -0.1) is 13.2 Å². The van der Waals surface area contributed by atoms with Crippen molar-refractivity contribution in [3.05, 3.63) is 18.2 Å². The Labute approximate surface area is 144 Å². The van der Waals surface area contributed by atoms with E-state index in [-0.39, 0.29) is 29.3 Å². The summed E-state index contributed by atoms with van der Waals surface area (Å²) < 4.78 is 41.0. The minimum absolute atomic E-state index is 0.0256. The highest BCUT2D eigenvalue weighted by molar-refractivity contribution is 7.22. The molecule has 1 aliphatic rings. The van der Waals surface area contributed by atoms with Crippen molar-refractivity contribution in [2.75, 3.05) is 11.9 Å². The molecule has 1 saturated carbocycles. The molecule has 3 rings (SSSR count). The Hall–Kier alpha value is -2.36. The van der Waals surface area contributed by atoms with Gasteiger partial charge >= 0.3 is 6.36 Å². The molecule has 10 heteroatoms. The number of halogens is 3. The smallest absolute Gasteiger partial charge is 0.406 e. The van der Waals surface area contributed by atoms with E-state index in [1.165, 1.54) is 12.1 Å². The molecule has 1 aliphatic carbocycles. The summed E-state index contributed by atoms with van der Waals surface area (Å²) >= 11 is 1.02. The Bertz CT molecular complexity index is 821. The second kappa shape index (κ2) is 6.51. The number of nitrogens with zero attached hydrogens (tertiary/aromatic N) is 1. The third kappa shape index (κ3) is 4.59. The Balaban J connectivity index is 1.59. The normalized spacial score (nSPS) is 19.5. The van der Waals surface area contributed by atoms with Crippen LogP contribution in [0.4, 0.5) is 18.3 Å². The number of ether oxygens (including phenoxy) is 1. The molecule has 1 aromatic heterocycles. The number of benzene rings is 1. The molecule has 0 saturated heterocycles. The molecule has 134 valence electrons. The van der Waals surface area contributed by atoms with E-state index in [9.17, 15) is 22.8 Å². The average Bonchev–Trinajstić information content (AvgIpc) is 3.09. The average molecular weight is 373 g/mol. The van der Waals surface area contributed by atoms with E-state index >= 15 is 0 Å². The predicted octanol–water partition coefficient (Wildman–Crippen LogP) is 2.91. The van der Waals surface area contributed by atoms with Gasteiger partial charge in [-0.25, -0.2) is 4.98 Å². The van der Waals surface area contributed by atoms with Crippen molar-refractivity contribution in [1.29, 1.82) is 0 Å². The molecule has 2 atom stereocenters. The van der Waals surface area contributed by atoms with E-state index < -0.39 is 12.3 Å². The molecule has 0 unspecified atom stereocenters. The third-order valence-corrected chi connectivity index (χ3v) is 4.64. The summed E-state index contributed by atoms with van der Waals surface area (Å²) in [6, 6.07) is 3.73. The Kier molecular flexibility index (Phi) is 4.55. The van der Waals surface area contributed by atoms with E-state index in [1.807, 2.05) is 6.92 Å². The van der Waals surface area contributed by atoms with Crippen LogP contribution < -0.4 is 15.4 Å². The van der Waals surface area contributed by atoms with Crippen LogP contribution >= 0.6 is 11.3 Å². The molecule has 0 bridgehead atoms. The first-order valence-electron chi connectivity index (χ1n) is 7.45. The molecule has 6 nitrogen and oxygen atoms in total. The molecule has 2 N–H and O–H groups in total. The molecule has 0 aliphatic heterocycles. The molecular weight excluding hydrogens is 359 g/mol. The number of hydrogen-bond acceptors (Lipinski definition) is 5. The zero-order valence-corrected chi connectivity index (χ0v) is 13.8. The highest BCUT2D eigenvalue weighted by Gasteiger charge is 2.39. The number of amides is 2. The van der Waals surface area contributed by atoms with Crippen molar-refractivity contribution in [2.45, 2.75) is 19.7 Å². The minimum Gasteiger partial charge on any atom is -0.406 e. The first-order chi connectivity index (χ1) is 11.7. The highest BCUT2D eigenvalue weighted by Crippen LogP contribution is 2.37. The number of anilines is 1. The van der Waals surface area contributed by atoms with Crippen molar-refractivity contribution in [3.63, 3.8) is 0 Å². The van der Waals surface area contributed by atoms with Gasteiger partial charge in [-0.2, -0.15) is 0 Å². The number of hydrogen-bond donors (Lipinski definition) is 2. The summed E-state index contributed by atoms with van der Waals surface area (Å²) in [6.07, 6.45) is -3.94. The van der Waals surface area contributed by atoms with Crippen LogP contribution in [0.2, 0.25) is 0 Å². The lowest BCUT2D eigenvalue weighted by molar-refractivity contribution is -0.274. The fraction of sp³-hybridized carbons (Fsp3) is 0.400. The monoisotopic (exact) mass is 373 g/mol. The summed E-state index contributed by atoms with van der Waals surface area (Å²) in [5.74, 6) is -0.636. The first-order valence-corrected chi connectivity index (χ1v) is 8.27. The predicted molar refractivity (Wildman–Crippen MR) is 85.2 cm³/mol. The van der Waals surface area contributed by atoms with Crippen LogP contribution in [0.15, 0.2) is 18.2 Å². The number of carbonyl (C=O) groups excluding carboxylic acids is 2. The molecule has 0 radical (unpaired) electrons. The first kappa shape index (κ1) is 17.5. The zero-order valence-electron chi connectivity index (χ0n) is 13.0. The number of carbonyl (C=O) groups is 2. The molecule has 0 spiro atoms. The maximum atomic E-state index is 12.2. The van der Waals surface area contributed by atoms with E-state index in [0.29, 0.717) is 16.1 Å². The van der Waals surface area contributed by atoms with Gasteiger partial charge in [0, 0.05) is 12.0 Å². The van der Waals surface area contributed by atoms with Crippen molar-refractivity contribution in [1.82, 2.24) is 10.3 Å². The van der Waals surface area contributed by atoms with Gasteiger partial charge in [0.1, 0.15) is 5.75 Å². The largest absolute Gasteiger partial charge is 0.573 e. The van der Waals surface area contributed by atoms with Crippen LogP contribution in [0.1, 0.15) is 13.3 Å². The van der Waals surface area contributed by atoms with Gasteiger partial charge in [0.15, 0.2) is 5.13 Å². The maximum Gasteiger partial charge on any atom is 0.573 e. The van der Waals surface area contributed by atoms with Gasteiger partial charge in [-0.05, 0) is 24.5 Å². The lowest BCUT2D eigenvalue weighted by atomic mass is 10.3. The third-order valence-electron chi connectivity index (χ3n) is 3.71. The van der Waals surface area contributed by atoms with Crippen LogP contribution in [0.3, 0.4) is 0 Å². The lowest BCUT2D eigenvalue weighted by Crippen LogP contribution is -2.34. The second-order valence-corrected chi connectivity index (χ2v) is 6.81. The molecular formula is C15H14F3N3O3S.